The van der Waals surface area contributed by atoms with Crippen molar-refractivity contribution in [2.24, 2.45) is 5.73 Å². The maximum absolute atomic E-state index is 11.6. The highest BCUT2D eigenvalue weighted by Crippen LogP contribution is 2.38. The largest absolute Gasteiger partial charge is 0.496 e. The second-order valence-electron chi connectivity index (χ2n) is 8.76. The summed E-state index contributed by atoms with van der Waals surface area (Å²) in [6.45, 7) is 1.47. The van der Waals surface area contributed by atoms with Crippen LogP contribution in [0.25, 0.3) is 33.6 Å². The lowest BCUT2D eigenvalue weighted by Crippen LogP contribution is -2.37. The van der Waals surface area contributed by atoms with E-state index in [1.807, 2.05) is 37.4 Å². The monoisotopic (exact) mass is 482 g/mol. The van der Waals surface area contributed by atoms with Crippen molar-refractivity contribution in [3.63, 3.8) is 0 Å². The summed E-state index contributed by atoms with van der Waals surface area (Å²) in [5.41, 5.74) is 10.9. The van der Waals surface area contributed by atoms with E-state index in [9.17, 15) is 10.1 Å². The summed E-state index contributed by atoms with van der Waals surface area (Å²) in [5.74, 6) is 0.487. The molecule has 5 rings (SSSR count). The van der Waals surface area contributed by atoms with Gasteiger partial charge in [-0.15, -0.1) is 0 Å². The normalized spacial score (nSPS) is 13.9. The molecule has 1 amide bonds. The Morgan fingerprint density at radius 2 is 1.94 bits per heavy atom. The Morgan fingerprint density at radius 3 is 2.67 bits per heavy atom. The number of carbonyl (C=O) groups excluding carboxylic acids is 1. The van der Waals surface area contributed by atoms with E-state index in [0.717, 1.165) is 42.9 Å². The number of pyridine rings is 1. The highest BCUT2D eigenvalue weighted by Gasteiger charge is 2.22. The summed E-state index contributed by atoms with van der Waals surface area (Å²) in [6.07, 6.45) is 3.60. The van der Waals surface area contributed by atoms with E-state index in [1.165, 1.54) is 7.11 Å². The Morgan fingerprint density at radius 1 is 1.14 bits per heavy atom. The highest BCUT2D eigenvalue weighted by molar-refractivity contribution is 5.96. The van der Waals surface area contributed by atoms with Crippen molar-refractivity contribution in [3.05, 3.63) is 65.9 Å². The van der Waals surface area contributed by atoms with E-state index in [2.05, 4.69) is 16.0 Å². The van der Waals surface area contributed by atoms with Crippen LogP contribution in [0, 0.1) is 11.3 Å². The first-order chi connectivity index (χ1) is 17.5. The van der Waals surface area contributed by atoms with Gasteiger partial charge in [0, 0.05) is 49.7 Å². The molecule has 2 aromatic carbocycles. The van der Waals surface area contributed by atoms with E-state index in [-0.39, 0.29) is 0 Å². The third-order valence-electron chi connectivity index (χ3n) is 6.71. The van der Waals surface area contributed by atoms with Crippen LogP contribution in [-0.4, -0.2) is 44.3 Å². The lowest BCUT2D eigenvalue weighted by Gasteiger charge is -2.33. The van der Waals surface area contributed by atoms with Gasteiger partial charge in [-0.25, -0.2) is 0 Å². The number of primary amides is 1. The molecule has 36 heavy (non-hydrogen) atoms. The Balaban J connectivity index is 1.55. The molecule has 2 aromatic heterocycles. The number of carbonyl (C=O) groups is 1. The topological polar surface area (TPSA) is 115 Å². The molecule has 1 aliphatic heterocycles. The first-order valence-corrected chi connectivity index (χ1v) is 11.7. The van der Waals surface area contributed by atoms with Gasteiger partial charge < -0.3 is 24.5 Å². The zero-order chi connectivity index (χ0) is 25.2. The first kappa shape index (κ1) is 23.4. The summed E-state index contributed by atoms with van der Waals surface area (Å²) in [4.78, 5) is 18.2. The summed E-state index contributed by atoms with van der Waals surface area (Å²) in [5, 5.41) is 9.94. The predicted octanol–water partition coefficient (Wildman–Crippen LogP) is 4.76. The van der Waals surface area contributed by atoms with Crippen molar-refractivity contribution in [1.82, 2.24) is 4.98 Å². The lowest BCUT2D eigenvalue weighted by atomic mass is 10.00. The molecule has 8 nitrogen and oxygen atoms in total. The summed E-state index contributed by atoms with van der Waals surface area (Å²) in [7, 11) is 3.56. The van der Waals surface area contributed by atoms with Crippen LogP contribution in [-0.2, 0) is 4.74 Å². The number of aromatic nitrogens is 1. The number of hydrogen-bond acceptors (Lipinski definition) is 7. The number of nitriles is 1. The van der Waals surface area contributed by atoms with E-state index < -0.39 is 5.91 Å². The van der Waals surface area contributed by atoms with Crippen molar-refractivity contribution < 1.29 is 18.7 Å². The van der Waals surface area contributed by atoms with Crippen LogP contribution in [0.1, 0.15) is 28.8 Å². The van der Waals surface area contributed by atoms with Gasteiger partial charge in [-0.1, -0.05) is 6.07 Å². The average molecular weight is 483 g/mol. The number of amides is 1. The molecule has 0 atom stereocenters. The van der Waals surface area contributed by atoms with Crippen LogP contribution < -0.4 is 15.4 Å². The van der Waals surface area contributed by atoms with Crippen LogP contribution in [0.5, 0.6) is 5.75 Å². The smallest absolute Gasteiger partial charge is 0.248 e. The Hall–Kier alpha value is -4.35. The minimum atomic E-state index is -0.535. The van der Waals surface area contributed by atoms with Gasteiger partial charge >= 0.3 is 0 Å². The van der Waals surface area contributed by atoms with Gasteiger partial charge in [0.15, 0.2) is 5.58 Å². The van der Waals surface area contributed by atoms with Gasteiger partial charge in [0.05, 0.1) is 23.9 Å². The quantitative estimate of drug-likeness (QED) is 0.421. The number of ether oxygens (including phenoxy) is 2. The fraction of sp³-hybridized carbons (Fsp3) is 0.250. The second-order valence-corrected chi connectivity index (χ2v) is 8.76. The lowest BCUT2D eigenvalue weighted by molar-refractivity contribution is 0.0855. The molecule has 0 radical (unpaired) electrons. The molecule has 0 bridgehead atoms. The molecule has 4 aromatic rings. The minimum absolute atomic E-state index is 0.341. The van der Waals surface area contributed by atoms with Gasteiger partial charge in [-0.05, 0) is 54.8 Å². The third kappa shape index (κ3) is 4.25. The van der Waals surface area contributed by atoms with E-state index in [1.54, 1.807) is 24.4 Å². The van der Waals surface area contributed by atoms with Crippen molar-refractivity contribution in [3.8, 4) is 34.3 Å². The molecule has 182 valence electrons. The maximum Gasteiger partial charge on any atom is 0.248 e. The van der Waals surface area contributed by atoms with Crippen molar-refractivity contribution in [2.45, 2.75) is 18.9 Å². The molecule has 1 saturated heterocycles. The number of furan rings is 1. The number of benzene rings is 2. The first-order valence-electron chi connectivity index (χ1n) is 11.7. The fourth-order valence-electron chi connectivity index (χ4n) is 4.72. The van der Waals surface area contributed by atoms with E-state index in [4.69, 9.17) is 19.6 Å². The zero-order valence-electron chi connectivity index (χ0n) is 20.2. The molecule has 1 aliphatic rings. The van der Waals surface area contributed by atoms with E-state index in [0.29, 0.717) is 45.3 Å². The SMILES string of the molecule is COc1cc(C(N)=O)ccc1-c1cc2nccc(-c3ccc(N(C)C4CCOCC4)c(C#N)c3)c2o1. The number of methoxy groups -OCH3 is 1. The van der Waals surface area contributed by atoms with Crippen LogP contribution >= 0.6 is 0 Å². The van der Waals surface area contributed by atoms with Gasteiger partial charge in [-0.3, -0.25) is 9.78 Å². The Bertz CT molecular complexity index is 1480. The number of hydrogen-bond donors (Lipinski definition) is 1. The van der Waals surface area contributed by atoms with Gasteiger partial charge in [0.25, 0.3) is 0 Å². The molecule has 3 heterocycles. The van der Waals surface area contributed by atoms with Crippen molar-refractivity contribution >= 4 is 22.7 Å². The van der Waals surface area contributed by atoms with Crippen LogP contribution in [0.3, 0.4) is 0 Å². The Labute approximate surface area is 208 Å². The zero-order valence-corrected chi connectivity index (χ0v) is 20.2. The molecule has 1 fully saturated rings. The number of rotatable bonds is 6. The summed E-state index contributed by atoms with van der Waals surface area (Å²) < 4.78 is 17.2. The second kappa shape index (κ2) is 9.72. The number of nitrogens with zero attached hydrogens (tertiary/aromatic N) is 3. The third-order valence-corrected chi connectivity index (χ3v) is 6.71. The maximum atomic E-state index is 11.6. The molecule has 0 aliphatic carbocycles. The van der Waals surface area contributed by atoms with Crippen LogP contribution in [0.15, 0.2) is 59.1 Å². The molecular formula is C28H26N4O4. The molecule has 0 unspecified atom stereocenters. The minimum Gasteiger partial charge on any atom is -0.496 e. The summed E-state index contributed by atoms with van der Waals surface area (Å²) in [6, 6.07) is 17.3. The van der Waals surface area contributed by atoms with Crippen LogP contribution in [0.2, 0.25) is 0 Å². The average Bonchev–Trinajstić information content (AvgIpc) is 3.36. The molecular weight excluding hydrogens is 456 g/mol. The van der Waals surface area contributed by atoms with Crippen molar-refractivity contribution in [2.75, 3.05) is 32.3 Å². The van der Waals surface area contributed by atoms with Gasteiger partial charge in [0.2, 0.25) is 5.91 Å². The van der Waals surface area contributed by atoms with E-state index >= 15 is 0 Å². The molecule has 0 saturated carbocycles. The van der Waals surface area contributed by atoms with Gasteiger partial charge in [0.1, 0.15) is 23.1 Å². The van der Waals surface area contributed by atoms with Crippen molar-refractivity contribution in [1.29, 1.82) is 5.26 Å². The van der Waals surface area contributed by atoms with Gasteiger partial charge in [-0.2, -0.15) is 5.26 Å². The fourth-order valence-corrected chi connectivity index (χ4v) is 4.72. The standard InChI is InChI=1S/C28H26N4O4/c1-32(20-8-11-35-12-9-20)24-6-4-17(13-19(24)16-29)21-7-10-31-23-15-26(36-27(21)23)22-5-3-18(28(30)33)14-25(22)34-2/h3-7,10,13-15,20H,8-9,11-12H2,1-2H3,(H2,30,33). The number of fused-ring (bicyclic) bond motifs is 1. The number of anilines is 1. The predicted molar refractivity (Wildman–Crippen MR) is 137 cm³/mol. The molecule has 0 spiro atoms. The molecule has 2 N–H and O–H groups in total. The highest BCUT2D eigenvalue weighted by atomic mass is 16.5. The molecule has 8 heteroatoms. The van der Waals surface area contributed by atoms with Crippen LogP contribution in [0.4, 0.5) is 5.69 Å². The summed E-state index contributed by atoms with van der Waals surface area (Å²) >= 11 is 0. The number of nitrogens with two attached hydrogens (primary N) is 1. The Kier molecular flexibility index (Phi) is 6.32.